The summed E-state index contributed by atoms with van der Waals surface area (Å²) in [5.74, 6) is 0.690. The van der Waals surface area contributed by atoms with E-state index in [9.17, 15) is 0 Å². The second-order valence-electron chi connectivity index (χ2n) is 5.61. The summed E-state index contributed by atoms with van der Waals surface area (Å²) in [5, 5.41) is 15.4. The molecule has 6 nitrogen and oxygen atoms in total. The first kappa shape index (κ1) is 11.8. The zero-order valence-corrected chi connectivity index (χ0v) is 11.4. The van der Waals surface area contributed by atoms with Crippen LogP contribution in [0.4, 0.5) is 5.95 Å². The molecule has 0 radical (unpaired) electrons. The monoisotopic (exact) mass is 271 g/mol. The van der Waals surface area contributed by atoms with Crippen molar-refractivity contribution in [3.05, 3.63) is 29.8 Å². The van der Waals surface area contributed by atoms with Crippen LogP contribution in [0.2, 0.25) is 0 Å². The number of anilines is 1. The number of hydrogen-bond donors (Lipinski definition) is 1. The highest BCUT2D eigenvalue weighted by Gasteiger charge is 2.41. The molecule has 0 aliphatic carbocycles. The number of nitrogens with one attached hydrogen (secondary N) is 1. The summed E-state index contributed by atoms with van der Waals surface area (Å²) in [6, 6.07) is 8.48. The fraction of sp³-hybridized carbons (Fsp3) is 0.500. The summed E-state index contributed by atoms with van der Waals surface area (Å²) in [6.07, 6.45) is 4.09. The highest BCUT2D eigenvalue weighted by Crippen LogP contribution is 2.35. The molecule has 2 aromatic rings. The average molecular weight is 271 g/mol. The van der Waals surface area contributed by atoms with Crippen molar-refractivity contribution in [2.24, 2.45) is 0 Å². The van der Waals surface area contributed by atoms with E-state index in [1.807, 2.05) is 12.1 Å². The highest BCUT2D eigenvalue weighted by molar-refractivity contribution is 5.40. The van der Waals surface area contributed by atoms with Crippen molar-refractivity contribution in [3.63, 3.8) is 0 Å². The van der Waals surface area contributed by atoms with Gasteiger partial charge in [0.1, 0.15) is 0 Å². The van der Waals surface area contributed by atoms with Gasteiger partial charge in [-0.25, -0.2) is 0 Å². The van der Waals surface area contributed by atoms with Gasteiger partial charge in [0.2, 0.25) is 5.95 Å². The SMILES string of the molecule is Cc1ccc(-n2nnnc2N[C@H]2C[C@@H]3CC[C@@H]2O3)cc1. The Bertz CT molecular complexity index is 608. The largest absolute Gasteiger partial charge is 0.373 e. The molecule has 2 fully saturated rings. The zero-order valence-electron chi connectivity index (χ0n) is 11.4. The minimum atomic E-state index is 0.308. The van der Waals surface area contributed by atoms with Crippen molar-refractivity contribution in [3.8, 4) is 5.69 Å². The van der Waals surface area contributed by atoms with E-state index in [0.717, 1.165) is 18.5 Å². The van der Waals surface area contributed by atoms with Crippen LogP contribution >= 0.6 is 0 Å². The van der Waals surface area contributed by atoms with Crippen LogP contribution in [0.3, 0.4) is 0 Å². The number of aromatic nitrogens is 4. The molecule has 1 N–H and O–H groups in total. The number of tetrazole rings is 1. The van der Waals surface area contributed by atoms with E-state index in [1.165, 1.54) is 12.0 Å². The lowest BCUT2D eigenvalue weighted by Crippen LogP contribution is -2.31. The number of fused-ring (bicyclic) bond motifs is 2. The Morgan fingerprint density at radius 1 is 1.25 bits per heavy atom. The highest BCUT2D eigenvalue weighted by atomic mass is 16.5. The maximum absolute atomic E-state index is 5.85. The molecule has 6 heteroatoms. The molecule has 1 aromatic carbocycles. The smallest absolute Gasteiger partial charge is 0.248 e. The topological polar surface area (TPSA) is 64.9 Å². The van der Waals surface area contributed by atoms with Crippen molar-refractivity contribution in [1.82, 2.24) is 20.2 Å². The van der Waals surface area contributed by atoms with Crippen LogP contribution in [0, 0.1) is 6.92 Å². The zero-order chi connectivity index (χ0) is 13.5. The van der Waals surface area contributed by atoms with Crippen molar-refractivity contribution >= 4 is 5.95 Å². The van der Waals surface area contributed by atoms with Gasteiger partial charge in [0.05, 0.1) is 23.9 Å². The second kappa shape index (κ2) is 4.56. The normalized spacial score (nSPS) is 27.9. The molecular formula is C14H17N5O. The molecule has 0 saturated carbocycles. The predicted octanol–water partition coefficient (Wildman–Crippen LogP) is 1.70. The van der Waals surface area contributed by atoms with E-state index in [2.05, 4.69) is 39.9 Å². The van der Waals surface area contributed by atoms with Crippen molar-refractivity contribution in [1.29, 1.82) is 0 Å². The minimum Gasteiger partial charge on any atom is -0.373 e. The number of rotatable bonds is 3. The first-order valence-corrected chi connectivity index (χ1v) is 7.07. The molecule has 0 amide bonds. The second-order valence-corrected chi connectivity index (χ2v) is 5.61. The van der Waals surface area contributed by atoms with Gasteiger partial charge in [-0.15, -0.1) is 0 Å². The number of nitrogens with zero attached hydrogens (tertiary/aromatic N) is 4. The summed E-state index contributed by atoms with van der Waals surface area (Å²) < 4.78 is 7.60. The molecule has 2 bridgehead atoms. The summed E-state index contributed by atoms with van der Waals surface area (Å²) in [6.45, 7) is 2.06. The van der Waals surface area contributed by atoms with Crippen LogP contribution in [0.15, 0.2) is 24.3 Å². The fourth-order valence-electron chi connectivity index (χ4n) is 3.09. The van der Waals surface area contributed by atoms with Gasteiger partial charge in [-0.05, 0) is 48.7 Å². The fourth-order valence-corrected chi connectivity index (χ4v) is 3.09. The molecule has 3 heterocycles. The molecule has 2 aliphatic heterocycles. The molecular weight excluding hydrogens is 254 g/mol. The van der Waals surface area contributed by atoms with Crippen LogP contribution < -0.4 is 5.32 Å². The first-order chi connectivity index (χ1) is 9.79. The third-order valence-electron chi connectivity index (χ3n) is 4.17. The Morgan fingerprint density at radius 2 is 2.10 bits per heavy atom. The molecule has 2 saturated heterocycles. The molecule has 0 unspecified atom stereocenters. The van der Waals surface area contributed by atoms with E-state index in [0.29, 0.717) is 24.2 Å². The predicted molar refractivity (Wildman–Crippen MR) is 73.8 cm³/mol. The lowest BCUT2D eigenvalue weighted by Gasteiger charge is -2.20. The molecule has 4 rings (SSSR count). The quantitative estimate of drug-likeness (QED) is 0.920. The number of aryl methyl sites for hydroxylation is 1. The summed E-state index contributed by atoms with van der Waals surface area (Å²) in [5.41, 5.74) is 2.19. The van der Waals surface area contributed by atoms with E-state index >= 15 is 0 Å². The minimum absolute atomic E-state index is 0.308. The van der Waals surface area contributed by atoms with Gasteiger partial charge in [0.25, 0.3) is 0 Å². The standard InChI is InChI=1S/C14H17N5O/c1-9-2-4-10(5-3-9)19-14(16-17-18-19)15-12-8-11-6-7-13(12)20-11/h2-5,11-13H,6-8H2,1H3,(H,15,16,18)/t11-,12-,13-/m0/s1. The third-order valence-corrected chi connectivity index (χ3v) is 4.17. The molecule has 1 aromatic heterocycles. The third kappa shape index (κ3) is 1.96. The van der Waals surface area contributed by atoms with E-state index in [1.54, 1.807) is 4.68 Å². The van der Waals surface area contributed by atoms with Crippen LogP contribution in [0.25, 0.3) is 5.69 Å². The molecule has 2 aliphatic rings. The van der Waals surface area contributed by atoms with Gasteiger partial charge in [0, 0.05) is 0 Å². The van der Waals surface area contributed by atoms with Crippen LogP contribution in [0.1, 0.15) is 24.8 Å². The van der Waals surface area contributed by atoms with Gasteiger partial charge in [0.15, 0.2) is 0 Å². The first-order valence-electron chi connectivity index (χ1n) is 7.07. The molecule has 3 atom stereocenters. The molecule has 104 valence electrons. The van der Waals surface area contributed by atoms with Crippen molar-refractivity contribution in [2.75, 3.05) is 5.32 Å². The molecule has 0 spiro atoms. The van der Waals surface area contributed by atoms with E-state index in [-0.39, 0.29) is 0 Å². The Hall–Kier alpha value is -1.95. The van der Waals surface area contributed by atoms with Gasteiger partial charge in [-0.2, -0.15) is 4.68 Å². The maximum Gasteiger partial charge on any atom is 0.248 e. The van der Waals surface area contributed by atoms with Crippen molar-refractivity contribution in [2.45, 2.75) is 44.4 Å². The van der Waals surface area contributed by atoms with Gasteiger partial charge in [-0.1, -0.05) is 22.8 Å². The van der Waals surface area contributed by atoms with E-state index in [4.69, 9.17) is 4.74 Å². The number of ether oxygens (including phenoxy) is 1. The Balaban J connectivity index is 1.57. The van der Waals surface area contributed by atoms with Gasteiger partial charge < -0.3 is 10.1 Å². The van der Waals surface area contributed by atoms with Crippen LogP contribution in [-0.4, -0.2) is 38.5 Å². The van der Waals surface area contributed by atoms with Crippen LogP contribution in [-0.2, 0) is 4.74 Å². The Morgan fingerprint density at radius 3 is 2.80 bits per heavy atom. The molecule has 20 heavy (non-hydrogen) atoms. The van der Waals surface area contributed by atoms with Gasteiger partial charge >= 0.3 is 0 Å². The lowest BCUT2D eigenvalue weighted by molar-refractivity contribution is 0.102. The number of hydrogen-bond acceptors (Lipinski definition) is 5. The average Bonchev–Trinajstić information content (AvgIpc) is 3.16. The Kier molecular flexibility index (Phi) is 2.70. The lowest BCUT2D eigenvalue weighted by atomic mass is 9.96. The van der Waals surface area contributed by atoms with Crippen molar-refractivity contribution < 1.29 is 4.74 Å². The van der Waals surface area contributed by atoms with Crippen LogP contribution in [0.5, 0.6) is 0 Å². The number of benzene rings is 1. The summed E-state index contributed by atoms with van der Waals surface area (Å²) in [4.78, 5) is 0. The maximum atomic E-state index is 5.85. The summed E-state index contributed by atoms with van der Waals surface area (Å²) in [7, 11) is 0. The van der Waals surface area contributed by atoms with E-state index < -0.39 is 0 Å². The van der Waals surface area contributed by atoms with Gasteiger partial charge in [-0.3, -0.25) is 0 Å². The Labute approximate surface area is 117 Å². The summed E-state index contributed by atoms with van der Waals surface area (Å²) >= 11 is 0.